The number of thiophene rings is 1. The summed E-state index contributed by atoms with van der Waals surface area (Å²) in [5.74, 6) is 1.07. The molecule has 0 unspecified atom stereocenters. The zero-order valence-electron chi connectivity index (χ0n) is 16.6. The minimum Gasteiger partial charge on any atom is -0.486 e. The van der Waals surface area contributed by atoms with Crippen LogP contribution in [-0.2, 0) is 27.8 Å². The third kappa shape index (κ3) is 3.59. The topological polar surface area (TPSA) is 76.2 Å². The fourth-order valence-corrected chi connectivity index (χ4v) is 6.75. The molecule has 3 aliphatic heterocycles. The molecule has 0 aliphatic carbocycles. The van der Waals surface area contributed by atoms with E-state index in [2.05, 4.69) is 11.4 Å². The molecular weight excluding hydrogens is 424 g/mol. The first-order chi connectivity index (χ1) is 14.5. The molecule has 2 aromatic rings. The summed E-state index contributed by atoms with van der Waals surface area (Å²) in [5.41, 5.74) is 1.25. The number of carbonyl (C=O) groups excluding carboxylic acids is 1. The zero-order chi connectivity index (χ0) is 20.7. The lowest BCUT2D eigenvalue weighted by atomic mass is 9.95. The van der Waals surface area contributed by atoms with Crippen LogP contribution < -0.4 is 9.47 Å². The van der Waals surface area contributed by atoms with Crippen molar-refractivity contribution < 1.29 is 22.7 Å². The van der Waals surface area contributed by atoms with Crippen molar-refractivity contribution in [3.05, 3.63) is 40.1 Å². The van der Waals surface area contributed by atoms with E-state index in [4.69, 9.17) is 9.47 Å². The van der Waals surface area contributed by atoms with Crippen LogP contribution in [0.1, 0.15) is 23.3 Å². The molecule has 0 radical (unpaired) electrons. The van der Waals surface area contributed by atoms with E-state index < -0.39 is 10.0 Å². The van der Waals surface area contributed by atoms with Crippen molar-refractivity contribution in [3.63, 3.8) is 0 Å². The number of rotatable bonds is 3. The third-order valence-corrected chi connectivity index (χ3v) is 8.99. The lowest BCUT2D eigenvalue weighted by molar-refractivity contribution is -0.137. The Bertz CT molecular complexity index is 1060. The van der Waals surface area contributed by atoms with Crippen molar-refractivity contribution in [2.75, 3.05) is 32.8 Å². The van der Waals surface area contributed by atoms with Gasteiger partial charge in [0.1, 0.15) is 13.2 Å². The molecule has 1 aromatic heterocycles. The summed E-state index contributed by atoms with van der Waals surface area (Å²) in [6, 6.07) is 6.84. The van der Waals surface area contributed by atoms with Crippen LogP contribution in [0.4, 0.5) is 0 Å². The van der Waals surface area contributed by atoms with Gasteiger partial charge in [0.25, 0.3) is 0 Å². The molecule has 4 heterocycles. The quantitative estimate of drug-likeness (QED) is 0.721. The number of carbonyl (C=O) groups is 1. The number of fused-ring (bicyclic) bond motifs is 2. The highest BCUT2D eigenvalue weighted by Gasteiger charge is 2.35. The number of ether oxygens (including phenoxy) is 2. The average Bonchev–Trinajstić information content (AvgIpc) is 3.26. The lowest BCUT2D eigenvalue weighted by Crippen LogP contribution is -2.45. The maximum absolute atomic E-state index is 13.1. The van der Waals surface area contributed by atoms with Gasteiger partial charge in [0, 0.05) is 43.0 Å². The van der Waals surface area contributed by atoms with Gasteiger partial charge < -0.3 is 14.4 Å². The Kier molecular flexibility index (Phi) is 5.20. The van der Waals surface area contributed by atoms with E-state index in [-0.39, 0.29) is 16.7 Å². The minimum absolute atomic E-state index is 0.114. The monoisotopic (exact) mass is 448 g/mol. The van der Waals surface area contributed by atoms with Crippen molar-refractivity contribution in [3.8, 4) is 11.5 Å². The Labute approximate surface area is 180 Å². The smallest absolute Gasteiger partial charge is 0.243 e. The van der Waals surface area contributed by atoms with E-state index in [1.807, 2.05) is 4.90 Å². The summed E-state index contributed by atoms with van der Waals surface area (Å²) >= 11 is 1.76. The predicted molar refractivity (Wildman–Crippen MR) is 112 cm³/mol. The van der Waals surface area contributed by atoms with Gasteiger partial charge in [-0.1, -0.05) is 0 Å². The average molecular weight is 449 g/mol. The first-order valence-electron chi connectivity index (χ1n) is 10.3. The molecule has 3 aliphatic rings. The van der Waals surface area contributed by atoms with Crippen LogP contribution in [0.15, 0.2) is 34.5 Å². The lowest BCUT2D eigenvalue weighted by Gasteiger charge is -2.35. The second kappa shape index (κ2) is 7.86. The molecule has 7 nitrogen and oxygen atoms in total. The molecular formula is C21H24N2O5S2. The van der Waals surface area contributed by atoms with Crippen molar-refractivity contribution >= 4 is 27.3 Å². The fraction of sp³-hybridized carbons (Fsp3) is 0.476. The van der Waals surface area contributed by atoms with Crippen LogP contribution in [-0.4, -0.2) is 56.4 Å². The highest BCUT2D eigenvalue weighted by Crippen LogP contribution is 2.34. The molecule has 1 saturated heterocycles. The minimum atomic E-state index is -3.63. The second-order valence-corrected chi connectivity index (χ2v) is 10.8. The Morgan fingerprint density at radius 3 is 2.60 bits per heavy atom. The highest BCUT2D eigenvalue weighted by atomic mass is 32.2. The van der Waals surface area contributed by atoms with E-state index in [1.54, 1.807) is 23.5 Å². The summed E-state index contributed by atoms with van der Waals surface area (Å²) in [7, 11) is -3.63. The van der Waals surface area contributed by atoms with Crippen LogP contribution in [0.5, 0.6) is 11.5 Å². The Morgan fingerprint density at radius 2 is 1.80 bits per heavy atom. The first-order valence-corrected chi connectivity index (χ1v) is 12.6. The van der Waals surface area contributed by atoms with Crippen LogP contribution in [0.3, 0.4) is 0 Å². The van der Waals surface area contributed by atoms with Gasteiger partial charge in [-0.25, -0.2) is 8.42 Å². The Balaban J connectivity index is 1.24. The Hall–Kier alpha value is -2.10. The predicted octanol–water partition coefficient (Wildman–Crippen LogP) is 2.50. The zero-order valence-corrected chi connectivity index (χ0v) is 18.2. The van der Waals surface area contributed by atoms with Crippen LogP contribution >= 0.6 is 11.3 Å². The molecule has 0 bridgehead atoms. The van der Waals surface area contributed by atoms with Crippen LogP contribution in [0, 0.1) is 5.92 Å². The second-order valence-electron chi connectivity index (χ2n) is 7.86. The van der Waals surface area contributed by atoms with Gasteiger partial charge in [-0.2, -0.15) is 4.31 Å². The summed E-state index contributed by atoms with van der Waals surface area (Å²) in [4.78, 5) is 16.5. The standard InChI is InChI=1S/C21H24N2O5S2/c24-21(22-7-5-20-16(14-22)6-12-29-20)15-3-8-23(9-4-15)30(25,26)17-1-2-18-19(13-17)28-11-10-27-18/h1-2,6,12-13,15H,3-5,7-11,14H2. The van der Waals surface area contributed by atoms with Gasteiger partial charge >= 0.3 is 0 Å². The Morgan fingerprint density at radius 1 is 1.03 bits per heavy atom. The van der Waals surface area contributed by atoms with Crippen molar-refractivity contribution in [1.29, 1.82) is 0 Å². The molecule has 30 heavy (non-hydrogen) atoms. The van der Waals surface area contributed by atoms with Gasteiger partial charge in [-0.15, -0.1) is 11.3 Å². The number of nitrogens with zero attached hydrogens (tertiary/aromatic N) is 2. The summed E-state index contributed by atoms with van der Waals surface area (Å²) in [6.45, 7) is 3.00. The van der Waals surface area contributed by atoms with Crippen molar-refractivity contribution in [1.82, 2.24) is 9.21 Å². The number of hydrogen-bond donors (Lipinski definition) is 0. The van der Waals surface area contributed by atoms with Crippen molar-refractivity contribution in [2.24, 2.45) is 5.92 Å². The summed E-state index contributed by atoms with van der Waals surface area (Å²) in [6.07, 6.45) is 2.02. The summed E-state index contributed by atoms with van der Waals surface area (Å²) < 4.78 is 38.7. The van der Waals surface area contributed by atoms with Gasteiger partial charge in [0.05, 0.1) is 4.90 Å². The molecule has 5 rings (SSSR count). The first kappa shape index (κ1) is 19.8. The van der Waals surface area contributed by atoms with E-state index in [0.29, 0.717) is 57.2 Å². The normalized spacial score (nSPS) is 20.1. The van der Waals surface area contributed by atoms with Crippen molar-refractivity contribution in [2.45, 2.75) is 30.7 Å². The third-order valence-electron chi connectivity index (χ3n) is 6.07. The molecule has 160 valence electrons. The number of sulfonamides is 1. The van der Waals surface area contributed by atoms with Gasteiger partial charge in [0.2, 0.25) is 15.9 Å². The number of hydrogen-bond acceptors (Lipinski definition) is 6. The molecule has 0 saturated carbocycles. The largest absolute Gasteiger partial charge is 0.486 e. The fourth-order valence-electron chi connectivity index (χ4n) is 4.37. The van der Waals surface area contributed by atoms with Gasteiger partial charge in [0.15, 0.2) is 11.5 Å². The summed E-state index contributed by atoms with van der Waals surface area (Å²) in [5, 5.41) is 2.08. The molecule has 0 spiro atoms. The number of benzene rings is 1. The van der Waals surface area contributed by atoms with E-state index >= 15 is 0 Å². The van der Waals surface area contributed by atoms with E-state index in [0.717, 1.165) is 13.0 Å². The molecule has 0 atom stereocenters. The molecule has 0 N–H and O–H groups in total. The maximum atomic E-state index is 13.1. The van der Waals surface area contributed by atoms with E-state index in [9.17, 15) is 13.2 Å². The molecule has 1 fully saturated rings. The van der Waals surface area contributed by atoms with Gasteiger partial charge in [-0.3, -0.25) is 4.79 Å². The van der Waals surface area contributed by atoms with Crippen LogP contribution in [0.2, 0.25) is 0 Å². The van der Waals surface area contributed by atoms with Gasteiger partial charge in [-0.05, 0) is 48.4 Å². The van der Waals surface area contributed by atoms with Crippen LogP contribution in [0.25, 0.3) is 0 Å². The number of amides is 1. The number of piperidine rings is 1. The maximum Gasteiger partial charge on any atom is 0.243 e. The molecule has 1 amide bonds. The highest BCUT2D eigenvalue weighted by molar-refractivity contribution is 7.89. The molecule has 1 aromatic carbocycles. The molecule has 9 heteroatoms. The SMILES string of the molecule is O=C(C1CCN(S(=O)(=O)c2ccc3c(c2)OCCO3)CC1)N1CCc2sccc2C1. The van der Waals surface area contributed by atoms with E-state index in [1.165, 1.54) is 20.8 Å².